The van der Waals surface area contributed by atoms with Gasteiger partial charge in [0.15, 0.2) is 6.61 Å². The molecule has 0 aliphatic heterocycles. The summed E-state index contributed by atoms with van der Waals surface area (Å²) in [5.41, 5.74) is 10.7. The zero-order valence-corrected chi connectivity index (χ0v) is 10.1. The molecule has 1 aromatic rings. The van der Waals surface area contributed by atoms with E-state index in [4.69, 9.17) is 20.9 Å². The SMILES string of the molecule is COc1ccc(N)cc1C(=O)OCC(=O)NC(N)=O. The molecule has 8 nitrogen and oxygen atoms in total. The number of carbonyl (C=O) groups is 3. The maximum Gasteiger partial charge on any atom is 0.342 e. The zero-order chi connectivity index (χ0) is 14.4. The number of nitrogens with one attached hydrogen (secondary N) is 1. The predicted octanol–water partition coefficient (Wildman–Crippen LogP) is -0.371. The molecule has 3 amide bonds. The minimum absolute atomic E-state index is 0.0781. The standard InChI is InChI=1S/C11H13N3O5/c1-18-8-3-2-6(12)4-7(8)10(16)19-5-9(15)14-11(13)17/h2-4H,5,12H2,1H3,(H3,13,14,15,17). The van der Waals surface area contributed by atoms with Crippen LogP contribution in [0.1, 0.15) is 10.4 Å². The zero-order valence-electron chi connectivity index (χ0n) is 10.1. The molecule has 0 bridgehead atoms. The van der Waals surface area contributed by atoms with Gasteiger partial charge in [0.05, 0.1) is 7.11 Å². The lowest BCUT2D eigenvalue weighted by molar-refractivity contribution is -0.123. The number of urea groups is 1. The highest BCUT2D eigenvalue weighted by Gasteiger charge is 2.16. The van der Waals surface area contributed by atoms with Gasteiger partial charge in [0, 0.05) is 5.69 Å². The summed E-state index contributed by atoms with van der Waals surface area (Å²) in [7, 11) is 1.38. The van der Waals surface area contributed by atoms with Gasteiger partial charge in [-0.25, -0.2) is 9.59 Å². The molecule has 0 heterocycles. The summed E-state index contributed by atoms with van der Waals surface area (Å²) >= 11 is 0. The third-order valence-corrected chi connectivity index (χ3v) is 2.04. The Morgan fingerprint density at radius 2 is 2.00 bits per heavy atom. The largest absolute Gasteiger partial charge is 0.496 e. The topological polar surface area (TPSA) is 134 Å². The van der Waals surface area contributed by atoms with Crippen LogP contribution in [-0.2, 0) is 9.53 Å². The Balaban J connectivity index is 2.70. The Bertz CT molecular complexity index is 515. The fourth-order valence-electron chi connectivity index (χ4n) is 1.27. The fraction of sp³-hybridized carbons (Fsp3) is 0.182. The van der Waals surface area contributed by atoms with Gasteiger partial charge in [0.2, 0.25) is 0 Å². The van der Waals surface area contributed by atoms with E-state index >= 15 is 0 Å². The molecule has 0 aromatic heterocycles. The number of hydrogen-bond donors (Lipinski definition) is 3. The first-order valence-electron chi connectivity index (χ1n) is 5.14. The number of ether oxygens (including phenoxy) is 2. The minimum Gasteiger partial charge on any atom is -0.496 e. The molecule has 102 valence electrons. The fourth-order valence-corrected chi connectivity index (χ4v) is 1.27. The molecular weight excluding hydrogens is 254 g/mol. The van der Waals surface area contributed by atoms with Crippen molar-refractivity contribution in [1.82, 2.24) is 5.32 Å². The highest BCUT2D eigenvalue weighted by atomic mass is 16.5. The Morgan fingerprint density at radius 1 is 1.32 bits per heavy atom. The molecule has 0 fully saturated rings. The molecular formula is C11H13N3O5. The van der Waals surface area contributed by atoms with Crippen molar-refractivity contribution in [2.75, 3.05) is 19.5 Å². The Labute approximate surface area is 108 Å². The second kappa shape index (κ2) is 6.24. The summed E-state index contributed by atoms with van der Waals surface area (Å²) < 4.78 is 9.66. The molecule has 0 spiro atoms. The Hall–Kier alpha value is -2.77. The molecule has 5 N–H and O–H groups in total. The maximum atomic E-state index is 11.7. The summed E-state index contributed by atoms with van der Waals surface area (Å²) in [5, 5.41) is 1.76. The quantitative estimate of drug-likeness (QED) is 0.503. The molecule has 0 aliphatic carbocycles. The van der Waals surface area contributed by atoms with Crippen LogP contribution >= 0.6 is 0 Å². The van der Waals surface area contributed by atoms with Crippen molar-refractivity contribution in [2.24, 2.45) is 5.73 Å². The first-order valence-corrected chi connectivity index (χ1v) is 5.14. The van der Waals surface area contributed by atoms with E-state index in [1.807, 2.05) is 0 Å². The van der Waals surface area contributed by atoms with E-state index in [-0.39, 0.29) is 11.3 Å². The number of anilines is 1. The first kappa shape index (κ1) is 14.3. The van der Waals surface area contributed by atoms with Crippen molar-refractivity contribution in [3.63, 3.8) is 0 Å². The van der Waals surface area contributed by atoms with Gasteiger partial charge in [-0.3, -0.25) is 10.1 Å². The van der Waals surface area contributed by atoms with Crippen molar-refractivity contribution in [3.05, 3.63) is 23.8 Å². The van der Waals surface area contributed by atoms with E-state index in [9.17, 15) is 14.4 Å². The molecule has 0 atom stereocenters. The highest BCUT2D eigenvalue weighted by molar-refractivity contribution is 5.97. The average Bonchev–Trinajstić information content (AvgIpc) is 2.35. The van der Waals surface area contributed by atoms with Crippen LogP contribution in [0.2, 0.25) is 0 Å². The highest BCUT2D eigenvalue weighted by Crippen LogP contribution is 2.21. The van der Waals surface area contributed by atoms with Gasteiger partial charge in [0.25, 0.3) is 5.91 Å². The van der Waals surface area contributed by atoms with Crippen molar-refractivity contribution >= 4 is 23.6 Å². The lowest BCUT2D eigenvalue weighted by Gasteiger charge is -2.09. The number of amides is 3. The average molecular weight is 267 g/mol. The number of nitrogens with two attached hydrogens (primary N) is 2. The Kier molecular flexibility index (Phi) is 4.69. The number of esters is 1. The van der Waals surface area contributed by atoms with Crippen LogP contribution in [0.5, 0.6) is 5.75 Å². The van der Waals surface area contributed by atoms with Gasteiger partial charge in [0.1, 0.15) is 11.3 Å². The molecule has 8 heteroatoms. The van der Waals surface area contributed by atoms with E-state index in [1.165, 1.54) is 19.2 Å². The Morgan fingerprint density at radius 3 is 2.58 bits per heavy atom. The van der Waals surface area contributed by atoms with Gasteiger partial charge in [-0.05, 0) is 18.2 Å². The molecule has 1 aromatic carbocycles. The van der Waals surface area contributed by atoms with Crippen molar-refractivity contribution in [2.45, 2.75) is 0 Å². The van der Waals surface area contributed by atoms with Gasteiger partial charge < -0.3 is 20.9 Å². The summed E-state index contributed by atoms with van der Waals surface area (Å²) in [6.45, 7) is -0.639. The molecule has 19 heavy (non-hydrogen) atoms. The number of methoxy groups -OCH3 is 1. The van der Waals surface area contributed by atoms with Crippen molar-refractivity contribution in [3.8, 4) is 5.75 Å². The second-order valence-corrected chi connectivity index (χ2v) is 3.45. The van der Waals surface area contributed by atoms with Crippen LogP contribution in [0.15, 0.2) is 18.2 Å². The number of rotatable bonds is 4. The third-order valence-electron chi connectivity index (χ3n) is 2.04. The number of primary amides is 1. The first-order chi connectivity index (χ1) is 8.93. The van der Waals surface area contributed by atoms with Crippen LogP contribution in [0.4, 0.5) is 10.5 Å². The van der Waals surface area contributed by atoms with Crippen LogP contribution < -0.4 is 21.5 Å². The third kappa shape index (κ3) is 4.19. The monoisotopic (exact) mass is 267 g/mol. The number of nitrogen functional groups attached to an aromatic ring is 1. The van der Waals surface area contributed by atoms with Gasteiger partial charge in [-0.15, -0.1) is 0 Å². The number of imide groups is 1. The molecule has 0 unspecified atom stereocenters. The van der Waals surface area contributed by atoms with Crippen LogP contribution in [0, 0.1) is 0 Å². The van der Waals surface area contributed by atoms with Gasteiger partial charge in [-0.2, -0.15) is 0 Å². The normalized spacial score (nSPS) is 9.53. The smallest absolute Gasteiger partial charge is 0.342 e. The van der Waals surface area contributed by atoms with E-state index in [0.29, 0.717) is 5.69 Å². The molecule has 0 radical (unpaired) electrons. The number of benzene rings is 1. The molecule has 1 rings (SSSR count). The van der Waals surface area contributed by atoms with Crippen LogP contribution in [0.3, 0.4) is 0 Å². The second-order valence-electron chi connectivity index (χ2n) is 3.45. The van der Waals surface area contributed by atoms with E-state index < -0.39 is 24.5 Å². The molecule has 0 saturated heterocycles. The van der Waals surface area contributed by atoms with Crippen LogP contribution in [-0.4, -0.2) is 31.6 Å². The minimum atomic E-state index is -1.03. The lowest BCUT2D eigenvalue weighted by Crippen LogP contribution is -2.37. The summed E-state index contributed by atoms with van der Waals surface area (Å²) in [6.07, 6.45) is 0. The lowest BCUT2D eigenvalue weighted by atomic mass is 10.2. The maximum absolute atomic E-state index is 11.7. The van der Waals surface area contributed by atoms with Gasteiger partial charge >= 0.3 is 12.0 Å². The van der Waals surface area contributed by atoms with E-state index in [0.717, 1.165) is 0 Å². The summed E-state index contributed by atoms with van der Waals surface area (Å²) in [4.78, 5) is 33.2. The summed E-state index contributed by atoms with van der Waals surface area (Å²) in [5.74, 6) is -1.37. The molecule has 0 saturated carbocycles. The number of carbonyl (C=O) groups excluding carboxylic acids is 3. The molecule has 0 aliphatic rings. The van der Waals surface area contributed by atoms with E-state index in [2.05, 4.69) is 0 Å². The van der Waals surface area contributed by atoms with E-state index in [1.54, 1.807) is 11.4 Å². The van der Waals surface area contributed by atoms with Crippen molar-refractivity contribution < 1.29 is 23.9 Å². The predicted molar refractivity (Wildman–Crippen MR) is 65.4 cm³/mol. The van der Waals surface area contributed by atoms with Gasteiger partial charge in [-0.1, -0.05) is 0 Å². The van der Waals surface area contributed by atoms with Crippen LogP contribution in [0.25, 0.3) is 0 Å². The number of hydrogen-bond acceptors (Lipinski definition) is 6. The summed E-state index contributed by atoms with van der Waals surface area (Å²) in [6, 6.07) is 3.38. The van der Waals surface area contributed by atoms with Crippen molar-refractivity contribution in [1.29, 1.82) is 0 Å².